The van der Waals surface area contributed by atoms with Crippen molar-refractivity contribution in [3.8, 4) is 11.6 Å². The Bertz CT molecular complexity index is 620. The zero-order chi connectivity index (χ0) is 14.9. The van der Waals surface area contributed by atoms with Crippen molar-refractivity contribution in [3.05, 3.63) is 41.1 Å². The van der Waals surface area contributed by atoms with Crippen LogP contribution in [0.25, 0.3) is 0 Å². The summed E-state index contributed by atoms with van der Waals surface area (Å²) in [5, 5.41) is 4.06. The van der Waals surface area contributed by atoms with Crippen molar-refractivity contribution in [3.63, 3.8) is 0 Å². The molecule has 0 aliphatic heterocycles. The smallest absolute Gasteiger partial charge is 0.416 e. The number of hydrogen-bond acceptors (Lipinski definition) is 3. The van der Waals surface area contributed by atoms with Crippen molar-refractivity contribution in [2.75, 3.05) is 0 Å². The van der Waals surface area contributed by atoms with E-state index in [1.165, 1.54) is 16.8 Å². The first-order valence-electron chi connectivity index (χ1n) is 5.90. The molecule has 108 valence electrons. The van der Waals surface area contributed by atoms with Gasteiger partial charge >= 0.3 is 6.18 Å². The van der Waals surface area contributed by atoms with E-state index >= 15 is 0 Å². The van der Waals surface area contributed by atoms with Gasteiger partial charge in [0.25, 0.3) is 0 Å². The van der Waals surface area contributed by atoms with Crippen LogP contribution < -0.4 is 10.5 Å². The van der Waals surface area contributed by atoms with E-state index in [-0.39, 0.29) is 17.9 Å². The van der Waals surface area contributed by atoms with Crippen LogP contribution in [0.1, 0.15) is 16.8 Å². The molecule has 4 nitrogen and oxygen atoms in total. The van der Waals surface area contributed by atoms with Crippen LogP contribution in [0.15, 0.2) is 24.3 Å². The first-order chi connectivity index (χ1) is 9.31. The third-order valence-corrected chi connectivity index (χ3v) is 2.79. The lowest BCUT2D eigenvalue weighted by Crippen LogP contribution is -2.12. The molecule has 0 unspecified atom stereocenters. The zero-order valence-corrected chi connectivity index (χ0v) is 11.0. The second kappa shape index (κ2) is 5.16. The number of aromatic nitrogens is 2. The summed E-state index contributed by atoms with van der Waals surface area (Å²) in [6.07, 6.45) is -4.46. The van der Waals surface area contributed by atoms with E-state index in [1.54, 1.807) is 20.0 Å². The molecule has 0 fully saturated rings. The number of benzene rings is 1. The van der Waals surface area contributed by atoms with Crippen LogP contribution in [-0.2, 0) is 19.8 Å². The third kappa shape index (κ3) is 2.93. The number of halogens is 3. The maximum Gasteiger partial charge on any atom is 0.416 e. The largest absolute Gasteiger partial charge is 0.439 e. The molecule has 0 aliphatic rings. The van der Waals surface area contributed by atoms with Crippen LogP contribution >= 0.6 is 0 Å². The lowest BCUT2D eigenvalue weighted by atomic mass is 10.1. The fourth-order valence-corrected chi connectivity index (χ4v) is 1.86. The van der Waals surface area contributed by atoms with Crippen molar-refractivity contribution >= 4 is 0 Å². The fourth-order valence-electron chi connectivity index (χ4n) is 1.86. The first kappa shape index (κ1) is 14.4. The van der Waals surface area contributed by atoms with E-state index in [0.717, 1.165) is 11.8 Å². The van der Waals surface area contributed by atoms with E-state index in [1.807, 2.05) is 0 Å². The van der Waals surface area contributed by atoms with Gasteiger partial charge in [0.2, 0.25) is 5.88 Å². The molecule has 0 saturated heterocycles. The molecule has 20 heavy (non-hydrogen) atoms. The Hall–Kier alpha value is -2.02. The Morgan fingerprint density at radius 2 is 2.00 bits per heavy atom. The Balaban J connectivity index is 2.36. The van der Waals surface area contributed by atoms with Crippen LogP contribution in [0.2, 0.25) is 0 Å². The molecule has 0 bridgehead atoms. The van der Waals surface area contributed by atoms with Gasteiger partial charge in [0.15, 0.2) is 0 Å². The van der Waals surface area contributed by atoms with Gasteiger partial charge in [-0.05, 0) is 24.6 Å². The molecule has 0 aliphatic carbocycles. The van der Waals surface area contributed by atoms with Crippen molar-refractivity contribution in [1.29, 1.82) is 0 Å². The molecule has 0 spiro atoms. The molecule has 7 heteroatoms. The zero-order valence-electron chi connectivity index (χ0n) is 11.0. The molecule has 2 aromatic rings. The van der Waals surface area contributed by atoms with Crippen LogP contribution in [-0.4, -0.2) is 9.78 Å². The summed E-state index contributed by atoms with van der Waals surface area (Å²) in [5.41, 5.74) is 5.29. The van der Waals surface area contributed by atoms with Gasteiger partial charge in [-0.2, -0.15) is 18.3 Å². The van der Waals surface area contributed by atoms with Gasteiger partial charge in [-0.3, -0.25) is 0 Å². The minimum absolute atomic E-state index is 0.0334. The second-order valence-electron chi connectivity index (χ2n) is 4.37. The molecule has 2 rings (SSSR count). The minimum Gasteiger partial charge on any atom is -0.439 e. The predicted octanol–water partition coefficient (Wildman–Crippen LogP) is 3.00. The Kier molecular flexibility index (Phi) is 3.71. The van der Waals surface area contributed by atoms with Crippen molar-refractivity contribution in [1.82, 2.24) is 9.78 Å². The highest BCUT2D eigenvalue weighted by molar-refractivity contribution is 5.39. The number of rotatable bonds is 3. The van der Waals surface area contributed by atoms with E-state index in [4.69, 9.17) is 10.5 Å². The highest BCUT2D eigenvalue weighted by atomic mass is 19.4. The van der Waals surface area contributed by atoms with E-state index in [2.05, 4.69) is 5.10 Å². The quantitative estimate of drug-likeness (QED) is 0.943. The standard InChI is InChI=1S/C13H14F3N3O/c1-8-5-12(19(2)18-8)20-10-4-3-9(7-17)11(6-10)13(14,15)16/h3-6H,7,17H2,1-2H3. The van der Waals surface area contributed by atoms with Gasteiger partial charge in [-0.15, -0.1) is 0 Å². The van der Waals surface area contributed by atoms with Crippen LogP contribution in [0.3, 0.4) is 0 Å². The first-order valence-corrected chi connectivity index (χ1v) is 5.90. The highest BCUT2D eigenvalue weighted by Crippen LogP contribution is 2.35. The van der Waals surface area contributed by atoms with Crippen LogP contribution in [0.4, 0.5) is 13.2 Å². The summed E-state index contributed by atoms with van der Waals surface area (Å²) >= 11 is 0. The minimum atomic E-state index is -4.46. The van der Waals surface area contributed by atoms with E-state index in [9.17, 15) is 13.2 Å². The SMILES string of the molecule is Cc1cc(Oc2ccc(CN)c(C(F)(F)F)c2)n(C)n1. The number of aryl methyl sites for hydroxylation is 2. The Labute approximate surface area is 114 Å². The molecule has 1 heterocycles. The van der Waals surface area contributed by atoms with Gasteiger partial charge in [-0.25, -0.2) is 4.68 Å². The maximum atomic E-state index is 12.9. The maximum absolute atomic E-state index is 12.9. The number of nitrogens with two attached hydrogens (primary N) is 1. The fraction of sp³-hybridized carbons (Fsp3) is 0.308. The summed E-state index contributed by atoms with van der Waals surface area (Å²) in [6.45, 7) is 1.59. The molecule has 0 amide bonds. The summed E-state index contributed by atoms with van der Waals surface area (Å²) in [4.78, 5) is 0. The summed E-state index contributed by atoms with van der Waals surface area (Å²) in [5.74, 6) is 0.466. The number of hydrogen-bond donors (Lipinski definition) is 1. The van der Waals surface area contributed by atoms with Gasteiger partial charge in [-0.1, -0.05) is 6.07 Å². The van der Waals surface area contributed by atoms with Gasteiger partial charge in [0, 0.05) is 19.7 Å². The average molecular weight is 285 g/mol. The molecule has 0 radical (unpaired) electrons. The number of ether oxygens (including phenoxy) is 1. The normalized spacial score (nSPS) is 11.7. The van der Waals surface area contributed by atoms with Crippen molar-refractivity contribution in [2.45, 2.75) is 19.6 Å². The number of alkyl halides is 3. The molecular weight excluding hydrogens is 271 g/mol. The lowest BCUT2D eigenvalue weighted by molar-refractivity contribution is -0.138. The molecule has 0 saturated carbocycles. The molecular formula is C13H14F3N3O. The highest BCUT2D eigenvalue weighted by Gasteiger charge is 2.33. The van der Waals surface area contributed by atoms with E-state index < -0.39 is 11.7 Å². The van der Waals surface area contributed by atoms with Gasteiger partial charge in [0.1, 0.15) is 5.75 Å². The summed E-state index contributed by atoms with van der Waals surface area (Å²) in [6, 6.07) is 5.37. The molecule has 1 aromatic carbocycles. The number of nitrogens with zero attached hydrogens (tertiary/aromatic N) is 2. The topological polar surface area (TPSA) is 53.1 Å². The molecule has 1 aromatic heterocycles. The predicted molar refractivity (Wildman–Crippen MR) is 67.4 cm³/mol. The van der Waals surface area contributed by atoms with Crippen molar-refractivity contribution < 1.29 is 17.9 Å². The molecule has 0 atom stereocenters. The average Bonchev–Trinajstić information content (AvgIpc) is 2.66. The third-order valence-electron chi connectivity index (χ3n) is 2.79. The second-order valence-corrected chi connectivity index (χ2v) is 4.37. The Morgan fingerprint density at radius 3 is 2.50 bits per heavy atom. The summed E-state index contributed by atoms with van der Waals surface area (Å²) < 4.78 is 45.6. The van der Waals surface area contributed by atoms with E-state index in [0.29, 0.717) is 5.88 Å². The van der Waals surface area contributed by atoms with Gasteiger partial charge in [0.05, 0.1) is 11.3 Å². The van der Waals surface area contributed by atoms with Crippen LogP contribution in [0.5, 0.6) is 11.6 Å². The Morgan fingerprint density at radius 1 is 1.30 bits per heavy atom. The monoisotopic (exact) mass is 285 g/mol. The molecule has 2 N–H and O–H groups in total. The summed E-state index contributed by atoms with van der Waals surface area (Å²) in [7, 11) is 1.65. The van der Waals surface area contributed by atoms with Gasteiger partial charge < -0.3 is 10.5 Å². The van der Waals surface area contributed by atoms with Crippen molar-refractivity contribution in [2.24, 2.45) is 12.8 Å². The van der Waals surface area contributed by atoms with Crippen LogP contribution in [0, 0.1) is 6.92 Å². The lowest BCUT2D eigenvalue weighted by Gasteiger charge is -2.13.